The normalized spacial score (nSPS) is 14.5. The van der Waals surface area contributed by atoms with Crippen molar-refractivity contribution >= 4 is 23.4 Å². The highest BCUT2D eigenvalue weighted by atomic mass is 35.5. The van der Waals surface area contributed by atoms with E-state index >= 15 is 0 Å². The van der Waals surface area contributed by atoms with E-state index in [1.54, 1.807) is 4.90 Å². The Morgan fingerprint density at radius 2 is 1.51 bits per heavy atom. The van der Waals surface area contributed by atoms with Crippen LogP contribution in [-0.4, -0.2) is 28.8 Å². The lowest BCUT2D eigenvalue weighted by molar-refractivity contribution is -0.141. The molecule has 1 saturated carbocycles. The van der Waals surface area contributed by atoms with Gasteiger partial charge in [-0.05, 0) is 48.6 Å². The van der Waals surface area contributed by atoms with Crippen molar-refractivity contribution in [3.05, 3.63) is 106 Å². The van der Waals surface area contributed by atoms with Crippen LogP contribution in [0.5, 0.6) is 0 Å². The second-order valence-electron chi connectivity index (χ2n) is 9.51. The third kappa shape index (κ3) is 7.19. The van der Waals surface area contributed by atoms with Crippen molar-refractivity contribution in [1.82, 2.24) is 10.2 Å². The lowest BCUT2D eigenvalue weighted by Gasteiger charge is -2.32. The number of carbonyl (C=O) groups is 2. The van der Waals surface area contributed by atoms with Gasteiger partial charge in [0, 0.05) is 24.0 Å². The van der Waals surface area contributed by atoms with Crippen LogP contribution >= 0.6 is 11.6 Å². The lowest BCUT2D eigenvalue weighted by atomic mass is 10.0. The zero-order valence-electron chi connectivity index (χ0n) is 20.3. The van der Waals surface area contributed by atoms with Gasteiger partial charge in [-0.25, -0.2) is 0 Å². The number of nitrogens with one attached hydrogen (secondary N) is 1. The molecule has 1 N–H and O–H groups in total. The van der Waals surface area contributed by atoms with Crippen molar-refractivity contribution in [3.63, 3.8) is 0 Å². The highest BCUT2D eigenvalue weighted by Crippen LogP contribution is 2.21. The summed E-state index contributed by atoms with van der Waals surface area (Å²) in [6.07, 6.45) is 4.98. The summed E-state index contributed by atoms with van der Waals surface area (Å²) in [4.78, 5) is 29.2. The van der Waals surface area contributed by atoms with Gasteiger partial charge in [0.05, 0.1) is 6.42 Å². The summed E-state index contributed by atoms with van der Waals surface area (Å²) in [5, 5.41) is 3.89. The van der Waals surface area contributed by atoms with Gasteiger partial charge in [0.2, 0.25) is 11.8 Å². The van der Waals surface area contributed by atoms with E-state index in [9.17, 15) is 9.59 Å². The summed E-state index contributed by atoms with van der Waals surface area (Å²) in [6, 6.07) is 25.0. The number of hydrogen-bond donors (Lipinski definition) is 1. The first-order valence-electron chi connectivity index (χ1n) is 12.4. The Morgan fingerprint density at radius 1 is 0.886 bits per heavy atom. The van der Waals surface area contributed by atoms with E-state index in [0.717, 1.165) is 47.9 Å². The van der Waals surface area contributed by atoms with E-state index in [2.05, 4.69) is 5.32 Å². The molecule has 2 amide bonds. The summed E-state index contributed by atoms with van der Waals surface area (Å²) < 4.78 is 0. The minimum atomic E-state index is -0.605. The minimum Gasteiger partial charge on any atom is -0.352 e. The Labute approximate surface area is 213 Å². The van der Waals surface area contributed by atoms with Gasteiger partial charge in [0.15, 0.2) is 0 Å². The fraction of sp³-hybridized carbons (Fsp3) is 0.333. The maximum atomic E-state index is 13.8. The van der Waals surface area contributed by atoms with Gasteiger partial charge in [-0.15, -0.1) is 0 Å². The van der Waals surface area contributed by atoms with Crippen LogP contribution in [0, 0.1) is 6.92 Å². The SMILES string of the molecule is Cc1ccc(CC(=O)N(Cc2ccc(Cl)cc2)C(Cc2ccccc2)C(=O)NC2CCCC2)cc1. The summed E-state index contributed by atoms with van der Waals surface area (Å²) in [6.45, 7) is 2.37. The predicted octanol–water partition coefficient (Wildman–Crippen LogP) is 5.89. The molecule has 1 unspecified atom stereocenters. The Morgan fingerprint density at radius 3 is 2.17 bits per heavy atom. The van der Waals surface area contributed by atoms with E-state index in [0.29, 0.717) is 18.0 Å². The van der Waals surface area contributed by atoms with E-state index in [1.165, 1.54) is 0 Å². The molecule has 1 fully saturated rings. The Bertz CT molecular complexity index is 1110. The topological polar surface area (TPSA) is 49.4 Å². The molecule has 0 radical (unpaired) electrons. The number of aryl methyl sites for hydroxylation is 1. The van der Waals surface area contributed by atoms with E-state index < -0.39 is 6.04 Å². The molecule has 1 atom stereocenters. The molecule has 1 aliphatic rings. The molecule has 0 aliphatic heterocycles. The number of halogens is 1. The molecule has 182 valence electrons. The first kappa shape index (κ1) is 25.0. The van der Waals surface area contributed by atoms with Crippen LogP contribution in [0.3, 0.4) is 0 Å². The van der Waals surface area contributed by atoms with Gasteiger partial charge < -0.3 is 10.2 Å². The van der Waals surface area contributed by atoms with Crippen LogP contribution in [0.15, 0.2) is 78.9 Å². The Balaban J connectivity index is 1.64. The summed E-state index contributed by atoms with van der Waals surface area (Å²) in [5.41, 5.74) is 4.06. The smallest absolute Gasteiger partial charge is 0.243 e. The zero-order valence-corrected chi connectivity index (χ0v) is 21.0. The van der Waals surface area contributed by atoms with Crippen molar-refractivity contribution in [2.45, 2.75) is 64.1 Å². The molecule has 35 heavy (non-hydrogen) atoms. The Hall–Kier alpha value is -3.11. The maximum absolute atomic E-state index is 13.8. The molecule has 0 bridgehead atoms. The van der Waals surface area contributed by atoms with Gasteiger partial charge in [0.1, 0.15) is 6.04 Å². The average Bonchev–Trinajstić information content (AvgIpc) is 3.37. The largest absolute Gasteiger partial charge is 0.352 e. The quantitative estimate of drug-likeness (QED) is 0.408. The van der Waals surface area contributed by atoms with Gasteiger partial charge in [0.25, 0.3) is 0 Å². The number of carbonyl (C=O) groups excluding carboxylic acids is 2. The van der Waals surface area contributed by atoms with Crippen LogP contribution < -0.4 is 5.32 Å². The van der Waals surface area contributed by atoms with Crippen LogP contribution in [0.1, 0.15) is 47.9 Å². The van der Waals surface area contributed by atoms with E-state index in [1.807, 2.05) is 85.8 Å². The molecule has 3 aromatic rings. The molecule has 4 rings (SSSR count). The first-order chi connectivity index (χ1) is 17.0. The average molecular weight is 489 g/mol. The van der Waals surface area contributed by atoms with Crippen LogP contribution in [-0.2, 0) is 29.0 Å². The van der Waals surface area contributed by atoms with Crippen molar-refractivity contribution in [2.75, 3.05) is 0 Å². The summed E-state index contributed by atoms with van der Waals surface area (Å²) >= 11 is 6.10. The van der Waals surface area contributed by atoms with Gasteiger partial charge >= 0.3 is 0 Å². The third-order valence-electron chi connectivity index (χ3n) is 6.71. The van der Waals surface area contributed by atoms with E-state index in [-0.39, 0.29) is 24.3 Å². The van der Waals surface area contributed by atoms with Crippen molar-refractivity contribution in [1.29, 1.82) is 0 Å². The number of nitrogens with zero attached hydrogens (tertiary/aromatic N) is 1. The van der Waals surface area contributed by atoms with Crippen molar-refractivity contribution in [2.24, 2.45) is 0 Å². The van der Waals surface area contributed by atoms with Crippen molar-refractivity contribution < 1.29 is 9.59 Å². The Kier molecular flexibility index (Phi) is 8.59. The molecular weight excluding hydrogens is 456 g/mol. The molecule has 0 spiro atoms. The van der Waals surface area contributed by atoms with Gasteiger partial charge in [-0.3, -0.25) is 9.59 Å². The van der Waals surface area contributed by atoms with Crippen LogP contribution in [0.4, 0.5) is 0 Å². The minimum absolute atomic E-state index is 0.0636. The van der Waals surface area contributed by atoms with E-state index in [4.69, 9.17) is 11.6 Å². The molecule has 1 aliphatic carbocycles. The number of amides is 2. The lowest BCUT2D eigenvalue weighted by Crippen LogP contribution is -2.52. The molecule has 3 aromatic carbocycles. The van der Waals surface area contributed by atoms with Crippen molar-refractivity contribution in [3.8, 4) is 0 Å². The number of rotatable bonds is 9. The highest BCUT2D eigenvalue weighted by molar-refractivity contribution is 6.30. The molecule has 0 aromatic heterocycles. The molecular formula is C30H33ClN2O2. The first-order valence-corrected chi connectivity index (χ1v) is 12.8. The highest BCUT2D eigenvalue weighted by Gasteiger charge is 2.32. The molecule has 0 heterocycles. The maximum Gasteiger partial charge on any atom is 0.243 e. The molecule has 4 nitrogen and oxygen atoms in total. The standard InChI is InChI=1S/C30H33ClN2O2/c1-22-11-13-24(14-12-22)20-29(34)33(21-25-15-17-26(31)18-16-25)28(19-23-7-3-2-4-8-23)30(35)32-27-9-5-6-10-27/h2-4,7-8,11-18,27-28H,5-6,9-10,19-21H2,1H3,(H,32,35). The predicted molar refractivity (Wildman–Crippen MR) is 141 cm³/mol. The number of benzene rings is 3. The fourth-order valence-electron chi connectivity index (χ4n) is 4.69. The third-order valence-corrected chi connectivity index (χ3v) is 6.97. The monoisotopic (exact) mass is 488 g/mol. The van der Waals surface area contributed by atoms with Crippen LogP contribution in [0.2, 0.25) is 5.02 Å². The second kappa shape index (κ2) is 12.0. The molecule has 5 heteroatoms. The molecule has 0 saturated heterocycles. The second-order valence-corrected chi connectivity index (χ2v) is 9.94. The zero-order chi connectivity index (χ0) is 24.6. The summed E-state index contributed by atoms with van der Waals surface area (Å²) in [5.74, 6) is -0.140. The summed E-state index contributed by atoms with van der Waals surface area (Å²) in [7, 11) is 0. The number of hydrogen-bond acceptors (Lipinski definition) is 2. The van der Waals surface area contributed by atoms with Crippen LogP contribution in [0.25, 0.3) is 0 Å². The van der Waals surface area contributed by atoms with Gasteiger partial charge in [-0.1, -0.05) is 96.7 Å². The fourth-order valence-corrected chi connectivity index (χ4v) is 4.82. The van der Waals surface area contributed by atoms with Gasteiger partial charge in [-0.2, -0.15) is 0 Å².